The molecule has 1 aliphatic heterocycles. The predicted molar refractivity (Wildman–Crippen MR) is 94.3 cm³/mol. The third kappa shape index (κ3) is 4.03. The molecule has 6 nitrogen and oxygen atoms in total. The summed E-state index contributed by atoms with van der Waals surface area (Å²) in [6.07, 6.45) is 2.07. The Morgan fingerprint density at radius 3 is 2.56 bits per heavy atom. The van der Waals surface area contributed by atoms with E-state index in [4.69, 9.17) is 15.6 Å². The lowest BCUT2D eigenvalue weighted by Gasteiger charge is -2.40. The molecule has 1 saturated carbocycles. The van der Waals surface area contributed by atoms with Gasteiger partial charge in [0.25, 0.3) is 0 Å². The quantitative estimate of drug-likeness (QED) is 0.827. The van der Waals surface area contributed by atoms with Crippen molar-refractivity contribution in [2.24, 2.45) is 0 Å². The van der Waals surface area contributed by atoms with Gasteiger partial charge in [0.05, 0.1) is 30.0 Å². The van der Waals surface area contributed by atoms with Crippen LogP contribution in [0.1, 0.15) is 56.7 Å². The average molecular weight is 386 g/mol. The second-order valence-electron chi connectivity index (χ2n) is 7.21. The van der Waals surface area contributed by atoms with Crippen LogP contribution in [0, 0.1) is 0 Å². The minimum absolute atomic E-state index is 0.0198. The van der Waals surface area contributed by atoms with Crippen LogP contribution in [0.4, 0.5) is 19.1 Å². The van der Waals surface area contributed by atoms with Gasteiger partial charge >= 0.3 is 6.18 Å². The standard InChI is InChI=1S/C13H15F3N4.C5H10O2/c1-2-12(4-3-5-12)10-6-8(13(14,15)16)9-7-18-11(17)19-20(9)10;6-5-2-1-3-7-4-5/h6-7H,2-5H2,1H3,(H2,17,19);5-6H,1-4H2. The summed E-state index contributed by atoms with van der Waals surface area (Å²) in [6.45, 7) is 3.37. The molecule has 0 amide bonds. The van der Waals surface area contributed by atoms with Crippen LogP contribution in [0.25, 0.3) is 5.52 Å². The molecular weight excluding hydrogens is 361 g/mol. The zero-order valence-electron chi connectivity index (χ0n) is 15.3. The van der Waals surface area contributed by atoms with Gasteiger partial charge in [0.2, 0.25) is 5.95 Å². The molecule has 2 aliphatic rings. The first-order valence-corrected chi connectivity index (χ1v) is 9.24. The Hall–Kier alpha value is -1.87. The van der Waals surface area contributed by atoms with E-state index in [0.29, 0.717) is 12.3 Å². The number of rotatable bonds is 2. The molecule has 0 spiro atoms. The molecule has 0 radical (unpaired) electrons. The molecular formula is C18H25F3N4O2. The van der Waals surface area contributed by atoms with Crippen molar-refractivity contribution in [3.8, 4) is 0 Å². The summed E-state index contributed by atoms with van der Waals surface area (Å²) in [6, 6.07) is 1.21. The van der Waals surface area contributed by atoms with Crippen LogP contribution in [-0.4, -0.2) is 39.0 Å². The number of hydrogen-bond acceptors (Lipinski definition) is 5. The van der Waals surface area contributed by atoms with E-state index in [-0.39, 0.29) is 23.0 Å². The Morgan fingerprint density at radius 1 is 1.37 bits per heavy atom. The number of alkyl halides is 3. The number of ether oxygens (including phenoxy) is 1. The highest BCUT2D eigenvalue weighted by molar-refractivity contribution is 5.58. The van der Waals surface area contributed by atoms with Crippen molar-refractivity contribution in [1.29, 1.82) is 0 Å². The SMILES string of the molecule is CCC1(c2cc(C(F)(F)F)c3cnc(N)nn23)CCC1.OC1CCCOC1. The molecule has 3 heterocycles. The molecule has 3 N–H and O–H groups in total. The summed E-state index contributed by atoms with van der Waals surface area (Å²) in [5.41, 5.74) is 5.20. The Morgan fingerprint density at radius 2 is 2.11 bits per heavy atom. The lowest BCUT2D eigenvalue weighted by Crippen LogP contribution is -2.35. The Labute approximate surface area is 155 Å². The third-order valence-electron chi connectivity index (χ3n) is 5.51. The molecule has 2 aromatic rings. The Bertz CT molecular complexity index is 775. The van der Waals surface area contributed by atoms with Gasteiger partial charge < -0.3 is 15.6 Å². The number of hydrogen-bond donors (Lipinski definition) is 2. The van der Waals surface area contributed by atoms with Gasteiger partial charge in [-0.3, -0.25) is 0 Å². The second kappa shape index (κ2) is 7.63. The van der Waals surface area contributed by atoms with Gasteiger partial charge in [-0.1, -0.05) is 13.3 Å². The van der Waals surface area contributed by atoms with Gasteiger partial charge in [0.1, 0.15) is 0 Å². The van der Waals surface area contributed by atoms with E-state index in [1.165, 1.54) is 10.6 Å². The second-order valence-corrected chi connectivity index (χ2v) is 7.21. The Kier molecular flexibility index (Phi) is 5.62. The van der Waals surface area contributed by atoms with Crippen LogP contribution in [0.3, 0.4) is 0 Å². The number of nitrogen functional groups attached to an aromatic ring is 1. The summed E-state index contributed by atoms with van der Waals surface area (Å²) in [5.74, 6) is -0.0198. The van der Waals surface area contributed by atoms with E-state index in [1.807, 2.05) is 6.92 Å². The topological polar surface area (TPSA) is 85.7 Å². The molecule has 1 atom stereocenters. The fourth-order valence-corrected chi connectivity index (χ4v) is 3.73. The van der Waals surface area contributed by atoms with Gasteiger partial charge in [-0.2, -0.15) is 13.2 Å². The van der Waals surface area contributed by atoms with Crippen LogP contribution in [0.5, 0.6) is 0 Å². The number of aliphatic hydroxyl groups is 1. The first kappa shape index (κ1) is 19.9. The summed E-state index contributed by atoms with van der Waals surface area (Å²) < 4.78 is 45.7. The third-order valence-corrected chi connectivity index (χ3v) is 5.51. The number of nitrogens with zero attached hydrogens (tertiary/aromatic N) is 3. The largest absolute Gasteiger partial charge is 0.418 e. The summed E-state index contributed by atoms with van der Waals surface area (Å²) in [5, 5.41) is 12.8. The molecule has 2 aromatic heterocycles. The maximum absolute atomic E-state index is 13.1. The molecule has 1 unspecified atom stereocenters. The van der Waals surface area contributed by atoms with E-state index in [9.17, 15) is 13.2 Å². The van der Waals surface area contributed by atoms with Gasteiger partial charge in [-0.25, -0.2) is 9.50 Å². The molecule has 9 heteroatoms. The van der Waals surface area contributed by atoms with Gasteiger partial charge in [-0.05, 0) is 38.2 Å². The van der Waals surface area contributed by atoms with Crippen molar-refractivity contribution in [2.45, 2.75) is 63.1 Å². The van der Waals surface area contributed by atoms with Crippen molar-refractivity contribution in [2.75, 3.05) is 18.9 Å². The van der Waals surface area contributed by atoms with Crippen LogP contribution in [-0.2, 0) is 16.3 Å². The fraction of sp³-hybridized carbons (Fsp3) is 0.667. The number of aromatic nitrogens is 3. The van der Waals surface area contributed by atoms with E-state index < -0.39 is 11.7 Å². The van der Waals surface area contributed by atoms with E-state index in [1.54, 1.807) is 0 Å². The smallest absolute Gasteiger partial charge is 0.391 e. The average Bonchev–Trinajstić information content (AvgIpc) is 2.95. The highest BCUT2D eigenvalue weighted by atomic mass is 19.4. The zero-order valence-corrected chi connectivity index (χ0v) is 15.3. The van der Waals surface area contributed by atoms with Crippen molar-refractivity contribution in [1.82, 2.24) is 14.6 Å². The minimum atomic E-state index is -4.42. The van der Waals surface area contributed by atoms with Gasteiger partial charge in [0, 0.05) is 17.7 Å². The molecule has 150 valence electrons. The van der Waals surface area contributed by atoms with Gasteiger partial charge in [0.15, 0.2) is 0 Å². The molecule has 0 bridgehead atoms. The summed E-state index contributed by atoms with van der Waals surface area (Å²) >= 11 is 0. The molecule has 4 rings (SSSR count). The first-order chi connectivity index (χ1) is 12.8. The van der Waals surface area contributed by atoms with Crippen molar-refractivity contribution in [3.63, 3.8) is 0 Å². The fourth-order valence-electron chi connectivity index (χ4n) is 3.73. The molecule has 0 aromatic carbocycles. The number of nitrogens with two attached hydrogens (primary N) is 1. The maximum atomic E-state index is 13.1. The maximum Gasteiger partial charge on any atom is 0.418 e. The van der Waals surface area contributed by atoms with Crippen molar-refractivity contribution < 1.29 is 23.0 Å². The molecule has 1 saturated heterocycles. The lowest BCUT2D eigenvalue weighted by atomic mass is 9.65. The van der Waals surface area contributed by atoms with E-state index in [0.717, 1.165) is 51.3 Å². The highest BCUT2D eigenvalue weighted by Crippen LogP contribution is 2.48. The highest BCUT2D eigenvalue weighted by Gasteiger charge is 2.43. The number of fused-ring (bicyclic) bond motifs is 1. The van der Waals surface area contributed by atoms with E-state index >= 15 is 0 Å². The molecule has 2 fully saturated rings. The van der Waals surface area contributed by atoms with Crippen LogP contribution < -0.4 is 5.73 Å². The van der Waals surface area contributed by atoms with Crippen molar-refractivity contribution >= 4 is 11.5 Å². The number of aliphatic hydroxyl groups excluding tert-OH is 1. The predicted octanol–water partition coefficient (Wildman–Crippen LogP) is 3.32. The van der Waals surface area contributed by atoms with Crippen LogP contribution in [0.2, 0.25) is 0 Å². The zero-order chi connectivity index (χ0) is 19.7. The first-order valence-electron chi connectivity index (χ1n) is 9.24. The lowest BCUT2D eigenvalue weighted by molar-refractivity contribution is -0.136. The van der Waals surface area contributed by atoms with E-state index in [2.05, 4.69) is 10.1 Å². The minimum Gasteiger partial charge on any atom is -0.391 e. The van der Waals surface area contributed by atoms with Crippen LogP contribution in [0.15, 0.2) is 12.3 Å². The van der Waals surface area contributed by atoms with Crippen molar-refractivity contribution in [3.05, 3.63) is 23.5 Å². The van der Waals surface area contributed by atoms with Crippen LogP contribution >= 0.6 is 0 Å². The number of halogens is 3. The summed E-state index contributed by atoms with van der Waals surface area (Å²) in [7, 11) is 0. The molecule has 1 aliphatic carbocycles. The Balaban J connectivity index is 0.000000253. The molecule has 27 heavy (non-hydrogen) atoms. The van der Waals surface area contributed by atoms with Gasteiger partial charge in [-0.15, -0.1) is 5.10 Å². The number of anilines is 1. The monoisotopic (exact) mass is 386 g/mol. The summed E-state index contributed by atoms with van der Waals surface area (Å²) in [4.78, 5) is 3.69. The normalized spacial score (nSPS) is 22.0.